The quantitative estimate of drug-likeness (QED) is 0.804. The van der Waals surface area contributed by atoms with Gasteiger partial charge in [0, 0.05) is 30.7 Å². The van der Waals surface area contributed by atoms with Crippen LogP contribution >= 0.6 is 0 Å². The summed E-state index contributed by atoms with van der Waals surface area (Å²) >= 11 is 0. The van der Waals surface area contributed by atoms with E-state index in [0.717, 1.165) is 25.8 Å². The maximum absolute atomic E-state index is 13.2. The molecule has 1 aromatic heterocycles. The molecule has 4 heterocycles. The molecule has 0 spiro atoms. The molecule has 0 aliphatic carbocycles. The fourth-order valence-electron chi connectivity index (χ4n) is 5.52. The Morgan fingerprint density at radius 3 is 2.87 bits per heavy atom. The van der Waals surface area contributed by atoms with Crippen LogP contribution in [0.25, 0.3) is 11.1 Å². The highest BCUT2D eigenvalue weighted by Gasteiger charge is 2.37. The van der Waals surface area contributed by atoms with Crippen molar-refractivity contribution in [1.29, 1.82) is 0 Å². The molecule has 2 aromatic rings. The van der Waals surface area contributed by atoms with Crippen molar-refractivity contribution in [3.05, 3.63) is 29.7 Å². The zero-order valence-electron chi connectivity index (χ0n) is 17.9. The smallest absolute Gasteiger partial charge is 0.253 e. The highest BCUT2D eigenvalue weighted by atomic mass is 16.5. The number of carbonyl (C=O) groups excluding carboxylic acids is 1. The second-order valence-electron chi connectivity index (χ2n) is 9.01. The summed E-state index contributed by atoms with van der Waals surface area (Å²) in [4.78, 5) is 20.4. The lowest BCUT2D eigenvalue weighted by Crippen LogP contribution is -2.55. The molecule has 2 bridgehead atoms. The van der Waals surface area contributed by atoms with Gasteiger partial charge in [-0.25, -0.2) is 4.98 Å². The van der Waals surface area contributed by atoms with Gasteiger partial charge in [0.05, 0.1) is 12.2 Å². The molecule has 0 radical (unpaired) electrons. The molecule has 162 valence electrons. The van der Waals surface area contributed by atoms with E-state index in [1.165, 1.54) is 19.3 Å². The van der Waals surface area contributed by atoms with E-state index in [0.29, 0.717) is 41.2 Å². The van der Waals surface area contributed by atoms with Gasteiger partial charge in [0.15, 0.2) is 5.58 Å². The summed E-state index contributed by atoms with van der Waals surface area (Å²) in [6.07, 6.45) is 6.52. The largest absolute Gasteiger partial charge is 0.438 e. The summed E-state index contributed by atoms with van der Waals surface area (Å²) in [5, 5.41) is 6.76. The van der Waals surface area contributed by atoms with E-state index in [1.54, 1.807) is 0 Å². The van der Waals surface area contributed by atoms with Crippen LogP contribution in [-0.2, 0) is 4.74 Å². The SMILES string of the molecule is CC[C@@H]1NCCOC1c1nc2c(C(=O)NC3CC4CCCC(C3)N4C)cccc2o1. The molecular formula is C23H32N4O3. The molecule has 0 saturated carbocycles. The van der Waals surface area contributed by atoms with Crippen LogP contribution in [0.2, 0.25) is 0 Å². The van der Waals surface area contributed by atoms with Gasteiger partial charge < -0.3 is 24.7 Å². The van der Waals surface area contributed by atoms with Gasteiger partial charge in [0.2, 0.25) is 5.89 Å². The third kappa shape index (κ3) is 3.63. The van der Waals surface area contributed by atoms with E-state index >= 15 is 0 Å². The third-order valence-corrected chi connectivity index (χ3v) is 7.21. The lowest BCUT2D eigenvalue weighted by atomic mass is 9.82. The Hall–Kier alpha value is -1.96. The number of benzene rings is 1. The summed E-state index contributed by atoms with van der Waals surface area (Å²) in [6, 6.07) is 7.14. The van der Waals surface area contributed by atoms with E-state index in [1.807, 2.05) is 18.2 Å². The van der Waals surface area contributed by atoms with Crippen LogP contribution in [-0.4, -0.2) is 60.2 Å². The molecule has 3 aliphatic rings. The van der Waals surface area contributed by atoms with E-state index in [-0.39, 0.29) is 24.1 Å². The number of nitrogens with zero attached hydrogens (tertiary/aromatic N) is 2. The van der Waals surface area contributed by atoms with Crippen molar-refractivity contribution in [2.45, 2.75) is 75.7 Å². The number of fused-ring (bicyclic) bond motifs is 3. The maximum Gasteiger partial charge on any atom is 0.253 e. The molecular weight excluding hydrogens is 380 g/mol. The van der Waals surface area contributed by atoms with E-state index in [2.05, 4.69) is 29.5 Å². The van der Waals surface area contributed by atoms with Crippen LogP contribution in [0.1, 0.15) is 67.8 Å². The van der Waals surface area contributed by atoms with Crippen molar-refractivity contribution in [1.82, 2.24) is 20.5 Å². The number of aromatic nitrogens is 1. The number of para-hydroxylation sites is 1. The Bertz CT molecular complexity index is 899. The number of nitrogens with one attached hydrogen (secondary N) is 2. The fraction of sp³-hybridized carbons (Fsp3) is 0.652. The van der Waals surface area contributed by atoms with Crippen molar-refractivity contribution in [3.63, 3.8) is 0 Å². The fourth-order valence-corrected chi connectivity index (χ4v) is 5.52. The third-order valence-electron chi connectivity index (χ3n) is 7.21. The lowest BCUT2D eigenvalue weighted by Gasteiger charge is -2.47. The van der Waals surface area contributed by atoms with E-state index in [4.69, 9.17) is 14.1 Å². The molecule has 30 heavy (non-hydrogen) atoms. The molecule has 7 heteroatoms. The van der Waals surface area contributed by atoms with Crippen molar-refractivity contribution < 1.29 is 13.9 Å². The molecule has 3 unspecified atom stereocenters. The molecule has 2 N–H and O–H groups in total. The minimum Gasteiger partial charge on any atom is -0.438 e. The first-order valence-corrected chi connectivity index (χ1v) is 11.4. The normalized spacial score (nSPS) is 32.3. The molecule has 3 fully saturated rings. The number of amides is 1. The minimum absolute atomic E-state index is 0.0530. The van der Waals surface area contributed by atoms with Crippen LogP contribution in [0.3, 0.4) is 0 Å². The predicted molar refractivity (Wildman–Crippen MR) is 114 cm³/mol. The number of hydrogen-bond acceptors (Lipinski definition) is 6. The number of ether oxygens (including phenoxy) is 1. The van der Waals surface area contributed by atoms with Gasteiger partial charge in [-0.2, -0.15) is 0 Å². The van der Waals surface area contributed by atoms with Crippen LogP contribution in [0.5, 0.6) is 0 Å². The van der Waals surface area contributed by atoms with E-state index in [9.17, 15) is 4.79 Å². The van der Waals surface area contributed by atoms with E-state index < -0.39 is 0 Å². The highest BCUT2D eigenvalue weighted by molar-refractivity contribution is 6.04. The summed E-state index contributed by atoms with van der Waals surface area (Å²) in [5.41, 5.74) is 1.85. The number of hydrogen-bond donors (Lipinski definition) is 2. The van der Waals surface area contributed by atoms with Crippen molar-refractivity contribution in [2.24, 2.45) is 0 Å². The highest BCUT2D eigenvalue weighted by Crippen LogP contribution is 2.33. The molecule has 1 amide bonds. The molecule has 5 rings (SSSR count). The molecule has 3 saturated heterocycles. The van der Waals surface area contributed by atoms with Crippen LogP contribution in [0, 0.1) is 0 Å². The molecule has 1 aromatic carbocycles. The van der Waals surface area contributed by atoms with Gasteiger partial charge in [-0.05, 0) is 51.3 Å². The molecule has 4 atom stereocenters. The standard InChI is InChI=1S/C23H32N4O3/c1-3-18-21(29-11-10-24-18)23-26-20-17(8-5-9-19(20)30-23)22(28)25-14-12-15-6-4-7-16(13-14)27(15)2/h5,8-9,14-16,18,21,24H,3-4,6-7,10-13H2,1-2H3,(H,25,28)/t14?,15?,16?,18-,21?/m0/s1. The second-order valence-corrected chi connectivity index (χ2v) is 9.01. The summed E-state index contributed by atoms with van der Waals surface area (Å²) < 4.78 is 12.0. The number of piperidine rings is 2. The van der Waals surface area contributed by atoms with Gasteiger partial charge in [0.1, 0.15) is 11.6 Å². The van der Waals surface area contributed by atoms with Gasteiger partial charge >= 0.3 is 0 Å². The first-order valence-electron chi connectivity index (χ1n) is 11.4. The average Bonchev–Trinajstić information content (AvgIpc) is 3.18. The zero-order chi connectivity index (χ0) is 20.7. The lowest BCUT2D eigenvalue weighted by molar-refractivity contribution is -0.0211. The number of carbonyl (C=O) groups is 1. The average molecular weight is 413 g/mol. The number of oxazole rings is 1. The van der Waals surface area contributed by atoms with Gasteiger partial charge in [0.25, 0.3) is 5.91 Å². The predicted octanol–water partition coefficient (Wildman–Crippen LogP) is 3.01. The summed E-state index contributed by atoms with van der Waals surface area (Å²) in [5.74, 6) is 0.501. The second kappa shape index (κ2) is 8.29. The summed E-state index contributed by atoms with van der Waals surface area (Å²) in [6.45, 7) is 3.59. The first kappa shape index (κ1) is 20.0. The zero-order valence-corrected chi connectivity index (χ0v) is 17.9. The maximum atomic E-state index is 13.2. The monoisotopic (exact) mass is 412 g/mol. The van der Waals surface area contributed by atoms with Gasteiger partial charge in [-0.1, -0.05) is 19.4 Å². The number of rotatable bonds is 4. The molecule has 7 nitrogen and oxygen atoms in total. The van der Waals surface area contributed by atoms with Crippen molar-refractivity contribution in [2.75, 3.05) is 20.2 Å². The van der Waals surface area contributed by atoms with Crippen molar-refractivity contribution >= 4 is 17.0 Å². The Morgan fingerprint density at radius 2 is 2.10 bits per heavy atom. The van der Waals surface area contributed by atoms with Crippen molar-refractivity contribution in [3.8, 4) is 0 Å². The first-order chi connectivity index (χ1) is 14.6. The molecule has 3 aliphatic heterocycles. The Balaban J connectivity index is 1.36. The Morgan fingerprint density at radius 1 is 1.30 bits per heavy atom. The Kier molecular flexibility index (Phi) is 5.52. The van der Waals surface area contributed by atoms with Gasteiger partial charge in [-0.15, -0.1) is 0 Å². The number of morpholine rings is 1. The van der Waals surface area contributed by atoms with Crippen LogP contribution in [0.15, 0.2) is 22.6 Å². The van der Waals surface area contributed by atoms with Crippen LogP contribution < -0.4 is 10.6 Å². The minimum atomic E-state index is -0.222. The Labute approximate surface area is 177 Å². The topological polar surface area (TPSA) is 79.6 Å². The van der Waals surface area contributed by atoms with Crippen LogP contribution in [0.4, 0.5) is 0 Å². The van der Waals surface area contributed by atoms with Gasteiger partial charge in [-0.3, -0.25) is 4.79 Å². The summed E-state index contributed by atoms with van der Waals surface area (Å²) in [7, 11) is 2.23.